The minimum absolute atomic E-state index is 0.110. The number of halogens is 2. The van der Waals surface area contributed by atoms with Crippen molar-refractivity contribution in [2.75, 3.05) is 0 Å². The molecule has 2 atom stereocenters. The third-order valence-electron chi connectivity index (χ3n) is 13.6. The summed E-state index contributed by atoms with van der Waals surface area (Å²) in [6, 6.07) is 71.1. The molecule has 10 rings (SSSR count). The Kier molecular flexibility index (Phi) is 19.9. The number of carbonyl (C=O) groups is 2. The van der Waals surface area contributed by atoms with Gasteiger partial charge in [-0.2, -0.15) is 12.1 Å². The fourth-order valence-corrected chi connectivity index (χ4v) is 9.25. The Bertz CT molecular complexity index is 3160. The van der Waals surface area contributed by atoms with Crippen LogP contribution in [-0.2, 0) is 30.4 Å². The summed E-state index contributed by atoms with van der Waals surface area (Å²) in [5, 5.41) is 15.4. The third kappa shape index (κ3) is 12.9. The molecule has 0 fully saturated rings. The van der Waals surface area contributed by atoms with Crippen molar-refractivity contribution in [2.24, 2.45) is 0 Å². The number of hydrogen-bond donors (Lipinski definition) is 2. The molecule has 0 aliphatic heterocycles. The van der Waals surface area contributed by atoms with Crippen LogP contribution in [0.5, 0.6) is 0 Å². The van der Waals surface area contributed by atoms with E-state index in [0.717, 1.165) is 12.8 Å². The Morgan fingerprint density at radius 2 is 0.736 bits per heavy atom. The molecular weight excluding hydrogens is 1000 g/mol. The Hall–Kier alpha value is -6.03. The molecule has 10 aromatic rings. The van der Waals surface area contributed by atoms with Gasteiger partial charge in [0.25, 0.3) is 0 Å². The van der Waals surface area contributed by atoms with Crippen LogP contribution in [0.3, 0.4) is 0 Å². The molecule has 1 radical (unpaired) electrons. The van der Waals surface area contributed by atoms with E-state index in [4.69, 9.17) is 17.0 Å². The Labute approximate surface area is 445 Å². The zero-order chi connectivity index (χ0) is 51.0. The Morgan fingerprint density at radius 3 is 1.08 bits per heavy atom. The molecule has 0 spiro atoms. The van der Waals surface area contributed by atoms with Crippen LogP contribution in [0.4, 0.5) is 0 Å². The number of hydrogen-bond acceptors (Lipinski definition) is 2. The third-order valence-corrected chi connectivity index (χ3v) is 13.6. The molecule has 2 unspecified atom stereocenters. The average molecular weight is 1060 g/mol. The zero-order valence-corrected chi connectivity index (χ0v) is 46.1. The van der Waals surface area contributed by atoms with Crippen LogP contribution in [0.15, 0.2) is 194 Å². The quantitative estimate of drug-likeness (QED) is 0.0946. The molecule has 8 heteroatoms. The second-order valence-corrected chi connectivity index (χ2v) is 21.7. The summed E-state index contributed by atoms with van der Waals surface area (Å²) in [6.07, 6.45) is 3.16. The maximum absolute atomic E-state index is 10.6. The standard InChI is InChI=1S/2C29H25.C6H12BN2O2.2ClH.Zr/c2*1-3-20(2)23-18-22-12-9-17-28(29(22)19-23)27-15-7-6-14-26(27)25-16-8-11-21-10-4-5-13-24(21)25;1-3-5(10)8-7-9-6(11)4-2;;;/h2*4-20H,3H2,1-2H3;3-4H2,1-2H3,(H,8,10)(H,9,11);2*1H;/q2*-1;;;;+4/p-2. The van der Waals surface area contributed by atoms with Crippen LogP contribution in [0, 0.1) is 0 Å². The molecule has 0 heterocycles. The monoisotopic (exact) mass is 1060 g/mol. The van der Waals surface area contributed by atoms with Crippen molar-refractivity contribution in [2.45, 2.75) is 79.1 Å². The number of carbonyl (C=O) groups excluding carboxylic acids is 2. The second kappa shape index (κ2) is 26.6. The first kappa shape index (κ1) is 53.8. The van der Waals surface area contributed by atoms with Gasteiger partial charge >= 0.3 is 45.4 Å². The van der Waals surface area contributed by atoms with Gasteiger partial charge in [-0.25, -0.2) is 0 Å². The van der Waals surface area contributed by atoms with E-state index in [0.29, 0.717) is 24.7 Å². The van der Waals surface area contributed by atoms with Gasteiger partial charge in [0, 0.05) is 12.8 Å². The van der Waals surface area contributed by atoms with Crippen molar-refractivity contribution < 1.29 is 30.4 Å². The average Bonchev–Trinajstić information content (AvgIpc) is 4.09. The molecule has 361 valence electrons. The van der Waals surface area contributed by atoms with E-state index in [-0.39, 0.29) is 11.8 Å². The molecule has 0 saturated heterocycles. The molecule has 0 aromatic heterocycles. The van der Waals surface area contributed by atoms with Crippen LogP contribution in [0.25, 0.3) is 87.6 Å². The summed E-state index contributed by atoms with van der Waals surface area (Å²) in [6.45, 7) is 12.6. The fraction of sp³-hybridized carbons (Fsp3) is 0.188. The number of amides is 2. The summed E-state index contributed by atoms with van der Waals surface area (Å²) in [7, 11) is 11.1. The molecule has 72 heavy (non-hydrogen) atoms. The van der Waals surface area contributed by atoms with Crippen LogP contribution >= 0.6 is 17.0 Å². The fourth-order valence-electron chi connectivity index (χ4n) is 9.25. The molecule has 10 aromatic carbocycles. The summed E-state index contributed by atoms with van der Waals surface area (Å²) in [5.74, 6) is 0.954. The van der Waals surface area contributed by atoms with Gasteiger partial charge in [-0.3, -0.25) is 9.59 Å². The predicted octanol–water partition coefficient (Wildman–Crippen LogP) is 18.1. The SMILES string of the molecule is CCC(=O)N[B]NC(=O)CC.CCC(C)c1cc2c(-c3ccccc3-c3cccc4ccccc34)cccc2[cH-]1.CCC(C)c1cc2c(-c3ccccc3-c3cccc4ccccc34)cccc2[cH-]1.[Cl][Zr+2][Cl]. The normalized spacial score (nSPS) is 11.5. The molecule has 2 amide bonds. The van der Waals surface area contributed by atoms with Crippen molar-refractivity contribution >= 4 is 79.5 Å². The van der Waals surface area contributed by atoms with Crippen molar-refractivity contribution in [3.8, 4) is 44.5 Å². The van der Waals surface area contributed by atoms with Gasteiger partial charge in [0.1, 0.15) is 0 Å². The van der Waals surface area contributed by atoms with E-state index in [9.17, 15) is 9.59 Å². The van der Waals surface area contributed by atoms with Crippen molar-refractivity contribution in [1.82, 2.24) is 10.5 Å². The van der Waals surface area contributed by atoms with Crippen LogP contribution in [0.2, 0.25) is 0 Å². The number of benzene rings is 8. The van der Waals surface area contributed by atoms with Crippen LogP contribution in [0.1, 0.15) is 90.2 Å². The topological polar surface area (TPSA) is 58.2 Å². The van der Waals surface area contributed by atoms with Gasteiger partial charge in [-0.1, -0.05) is 211 Å². The number of fused-ring (bicyclic) bond motifs is 4. The number of nitrogens with one attached hydrogen (secondary N) is 2. The van der Waals surface area contributed by atoms with Crippen molar-refractivity contribution in [3.63, 3.8) is 0 Å². The van der Waals surface area contributed by atoms with E-state index in [2.05, 4.69) is 232 Å². The van der Waals surface area contributed by atoms with Crippen LogP contribution in [-0.4, -0.2) is 19.4 Å². The van der Waals surface area contributed by atoms with Gasteiger partial charge in [0.2, 0.25) is 11.8 Å². The van der Waals surface area contributed by atoms with Gasteiger partial charge in [0.05, 0.1) is 0 Å². The molecule has 0 saturated carbocycles. The molecule has 0 aliphatic carbocycles. The Balaban J connectivity index is 0.000000168. The van der Waals surface area contributed by atoms with Crippen LogP contribution < -0.4 is 10.5 Å². The zero-order valence-electron chi connectivity index (χ0n) is 42.1. The van der Waals surface area contributed by atoms with E-state index in [1.165, 1.54) is 106 Å². The minimum atomic E-state index is -0.826. The first-order valence-electron chi connectivity index (χ1n) is 25.0. The van der Waals surface area contributed by atoms with Gasteiger partial charge in [-0.15, -0.1) is 69.1 Å². The summed E-state index contributed by atoms with van der Waals surface area (Å²) in [5.41, 5.74) is 13.3. The van der Waals surface area contributed by atoms with Crippen molar-refractivity contribution in [3.05, 3.63) is 205 Å². The van der Waals surface area contributed by atoms with Gasteiger partial charge in [-0.05, 0) is 66.8 Å². The van der Waals surface area contributed by atoms with Crippen molar-refractivity contribution in [1.29, 1.82) is 0 Å². The summed E-state index contributed by atoms with van der Waals surface area (Å²) < 4.78 is 0. The Morgan fingerprint density at radius 1 is 0.444 bits per heavy atom. The van der Waals surface area contributed by atoms with E-state index >= 15 is 0 Å². The van der Waals surface area contributed by atoms with Gasteiger partial charge in [0.15, 0.2) is 0 Å². The van der Waals surface area contributed by atoms with E-state index in [1.807, 2.05) is 0 Å². The first-order chi connectivity index (χ1) is 35.1. The van der Waals surface area contributed by atoms with E-state index in [1.54, 1.807) is 13.8 Å². The second-order valence-electron chi connectivity index (χ2n) is 18.0. The summed E-state index contributed by atoms with van der Waals surface area (Å²) in [4.78, 5) is 21.2. The predicted molar refractivity (Wildman–Crippen MR) is 308 cm³/mol. The molecule has 0 bridgehead atoms. The first-order valence-corrected chi connectivity index (χ1v) is 31.4. The molecule has 4 nitrogen and oxygen atoms in total. The maximum atomic E-state index is 10.6. The molecule has 2 N–H and O–H groups in total. The van der Waals surface area contributed by atoms with Gasteiger partial charge < -0.3 is 10.5 Å². The molecular formula is C64H62BCl2N2O2Zr. The van der Waals surface area contributed by atoms with E-state index < -0.39 is 20.8 Å². The number of rotatable bonds is 12. The summed E-state index contributed by atoms with van der Waals surface area (Å²) >= 11 is -0.826. The molecule has 0 aliphatic rings.